The summed E-state index contributed by atoms with van der Waals surface area (Å²) in [7, 11) is -1.57. The first-order chi connectivity index (χ1) is 9.55. The third-order valence-corrected chi connectivity index (χ3v) is 6.92. The molecule has 20 heavy (non-hydrogen) atoms. The van der Waals surface area contributed by atoms with Crippen molar-refractivity contribution in [2.45, 2.75) is 50.4 Å². The molecule has 0 radical (unpaired) electrons. The van der Waals surface area contributed by atoms with Crippen LogP contribution >= 0.6 is 0 Å². The Hall–Kier alpha value is -0.170. The minimum Gasteiger partial charge on any atom is -0.385 e. The summed E-state index contributed by atoms with van der Waals surface area (Å²) in [5.74, 6) is 0.540. The lowest BCUT2D eigenvalue weighted by molar-refractivity contribution is 0.0423. The van der Waals surface area contributed by atoms with Crippen molar-refractivity contribution in [2.24, 2.45) is 5.92 Å². The number of ether oxygens (including phenoxy) is 2. The molecule has 2 atom stereocenters. The van der Waals surface area contributed by atoms with E-state index >= 15 is 0 Å². The highest BCUT2D eigenvalue weighted by atomic mass is 32.2. The van der Waals surface area contributed by atoms with E-state index in [1.807, 2.05) is 0 Å². The molecule has 2 saturated heterocycles. The van der Waals surface area contributed by atoms with Crippen molar-refractivity contribution < 1.29 is 17.9 Å². The number of rotatable bonds is 6. The van der Waals surface area contributed by atoms with Gasteiger partial charge in [0.15, 0.2) is 0 Å². The van der Waals surface area contributed by atoms with Crippen molar-refractivity contribution in [1.82, 2.24) is 4.31 Å². The summed E-state index contributed by atoms with van der Waals surface area (Å²) in [4.78, 5) is 0. The molecule has 0 saturated carbocycles. The largest absolute Gasteiger partial charge is 0.385 e. The van der Waals surface area contributed by atoms with Crippen LogP contribution in [0.5, 0.6) is 0 Å². The first kappa shape index (κ1) is 16.2. The number of piperidine rings is 1. The Kier molecular flexibility index (Phi) is 5.84. The number of methoxy groups -OCH3 is 1. The summed E-state index contributed by atoms with van der Waals surface area (Å²) >= 11 is 0. The Morgan fingerprint density at radius 1 is 1.30 bits per heavy atom. The highest BCUT2D eigenvalue weighted by Gasteiger charge is 2.35. The molecule has 2 aliphatic heterocycles. The van der Waals surface area contributed by atoms with Crippen LogP contribution < -0.4 is 0 Å². The smallest absolute Gasteiger partial charge is 0.216 e. The second-order valence-corrected chi connectivity index (χ2v) is 8.28. The normalized spacial score (nSPS) is 27.8. The lowest BCUT2D eigenvalue weighted by Gasteiger charge is -2.35. The quantitative estimate of drug-likeness (QED) is 0.748. The average molecular weight is 305 g/mol. The fourth-order valence-electron chi connectivity index (χ4n) is 3.16. The summed E-state index contributed by atoms with van der Waals surface area (Å²) < 4.78 is 37.3. The van der Waals surface area contributed by atoms with E-state index in [4.69, 9.17) is 9.47 Å². The Balaban J connectivity index is 1.85. The molecule has 0 aromatic rings. The summed E-state index contributed by atoms with van der Waals surface area (Å²) in [6.07, 6.45) is 5.08. The number of hydrogen-bond donors (Lipinski definition) is 0. The van der Waals surface area contributed by atoms with Gasteiger partial charge in [0, 0.05) is 33.4 Å². The molecule has 0 aromatic carbocycles. The molecular formula is C14H27NO4S. The summed E-state index contributed by atoms with van der Waals surface area (Å²) in [5, 5.41) is -0.360. The number of sulfonamides is 1. The Labute approximate surface area is 122 Å². The summed E-state index contributed by atoms with van der Waals surface area (Å²) in [6.45, 7) is 4.43. The van der Waals surface area contributed by atoms with E-state index < -0.39 is 10.0 Å². The van der Waals surface area contributed by atoms with Gasteiger partial charge in [-0.1, -0.05) is 0 Å². The van der Waals surface area contributed by atoms with Gasteiger partial charge < -0.3 is 9.47 Å². The van der Waals surface area contributed by atoms with E-state index in [2.05, 4.69) is 0 Å². The fraction of sp³-hybridized carbons (Fsp3) is 1.00. The maximum atomic E-state index is 12.5. The lowest BCUT2D eigenvalue weighted by atomic mass is 9.91. The van der Waals surface area contributed by atoms with Crippen LogP contribution in [0.25, 0.3) is 0 Å². The van der Waals surface area contributed by atoms with Crippen LogP contribution in [0.4, 0.5) is 0 Å². The van der Waals surface area contributed by atoms with Crippen LogP contribution in [0.2, 0.25) is 0 Å². The lowest BCUT2D eigenvalue weighted by Crippen LogP contribution is -2.44. The molecule has 118 valence electrons. The van der Waals surface area contributed by atoms with Gasteiger partial charge in [-0.2, -0.15) is 0 Å². The standard InChI is InChI=1S/C14H27NO4S/c1-12(7-11-18-2)20(16,17)15-8-5-13(6-9-15)14-4-3-10-19-14/h12-14H,3-11H2,1-2H3. The van der Waals surface area contributed by atoms with Gasteiger partial charge in [0.1, 0.15) is 0 Å². The monoisotopic (exact) mass is 305 g/mol. The SMILES string of the molecule is COCCC(C)S(=O)(=O)N1CCC(C2CCCO2)CC1. The predicted molar refractivity (Wildman–Crippen MR) is 78.1 cm³/mol. The molecule has 2 heterocycles. The van der Waals surface area contributed by atoms with Crippen LogP contribution in [0, 0.1) is 5.92 Å². The number of hydrogen-bond acceptors (Lipinski definition) is 4. The van der Waals surface area contributed by atoms with E-state index in [1.54, 1.807) is 18.3 Å². The topological polar surface area (TPSA) is 55.8 Å². The average Bonchev–Trinajstić information content (AvgIpc) is 2.99. The Bertz CT molecular complexity index is 384. The van der Waals surface area contributed by atoms with Crippen molar-refractivity contribution in [3.63, 3.8) is 0 Å². The zero-order valence-corrected chi connectivity index (χ0v) is 13.4. The molecule has 6 heteroatoms. The van der Waals surface area contributed by atoms with Gasteiger partial charge in [-0.15, -0.1) is 0 Å². The summed E-state index contributed by atoms with van der Waals surface area (Å²) in [6, 6.07) is 0. The van der Waals surface area contributed by atoms with E-state index in [0.29, 0.717) is 38.1 Å². The van der Waals surface area contributed by atoms with Crippen molar-refractivity contribution >= 4 is 10.0 Å². The highest BCUT2D eigenvalue weighted by Crippen LogP contribution is 2.30. The number of nitrogens with zero attached hydrogens (tertiary/aromatic N) is 1. The van der Waals surface area contributed by atoms with Crippen molar-refractivity contribution in [3.05, 3.63) is 0 Å². The molecule has 2 aliphatic rings. The van der Waals surface area contributed by atoms with E-state index in [1.165, 1.54) is 0 Å². The predicted octanol–water partition coefficient (Wildman–Crippen LogP) is 1.63. The first-order valence-electron chi connectivity index (χ1n) is 7.65. The van der Waals surface area contributed by atoms with Crippen molar-refractivity contribution in [2.75, 3.05) is 33.4 Å². The molecule has 0 aliphatic carbocycles. The zero-order chi connectivity index (χ0) is 14.6. The second-order valence-electron chi connectivity index (χ2n) is 5.92. The van der Waals surface area contributed by atoms with Crippen LogP contribution in [0.15, 0.2) is 0 Å². The molecular weight excluding hydrogens is 278 g/mol. The molecule has 2 rings (SSSR count). The molecule has 0 N–H and O–H groups in total. The fourth-order valence-corrected chi connectivity index (χ4v) is 4.79. The molecule has 2 unspecified atom stereocenters. The molecule has 0 spiro atoms. The van der Waals surface area contributed by atoms with Gasteiger partial charge in [-0.3, -0.25) is 0 Å². The van der Waals surface area contributed by atoms with Crippen molar-refractivity contribution in [3.8, 4) is 0 Å². The molecule has 0 amide bonds. The van der Waals surface area contributed by atoms with Crippen LogP contribution in [-0.4, -0.2) is 57.5 Å². The Morgan fingerprint density at radius 3 is 2.55 bits per heavy atom. The molecule has 0 bridgehead atoms. The van der Waals surface area contributed by atoms with E-state index in [9.17, 15) is 8.42 Å². The van der Waals surface area contributed by atoms with Crippen molar-refractivity contribution in [1.29, 1.82) is 0 Å². The molecule has 5 nitrogen and oxygen atoms in total. The minimum atomic E-state index is -3.17. The molecule has 0 aromatic heterocycles. The van der Waals surface area contributed by atoms with Gasteiger partial charge in [-0.25, -0.2) is 12.7 Å². The summed E-state index contributed by atoms with van der Waals surface area (Å²) in [5.41, 5.74) is 0. The van der Waals surface area contributed by atoms with Gasteiger partial charge in [0.05, 0.1) is 11.4 Å². The maximum Gasteiger partial charge on any atom is 0.216 e. The van der Waals surface area contributed by atoms with Crippen LogP contribution in [0.1, 0.15) is 39.0 Å². The van der Waals surface area contributed by atoms with Gasteiger partial charge >= 0.3 is 0 Å². The maximum absolute atomic E-state index is 12.5. The Morgan fingerprint density at radius 2 is 2.00 bits per heavy atom. The first-order valence-corrected chi connectivity index (χ1v) is 9.15. The van der Waals surface area contributed by atoms with Gasteiger partial charge in [-0.05, 0) is 44.9 Å². The third kappa shape index (κ3) is 3.72. The third-order valence-electron chi connectivity index (χ3n) is 4.59. The second kappa shape index (κ2) is 7.20. The van der Waals surface area contributed by atoms with Crippen LogP contribution in [0.3, 0.4) is 0 Å². The van der Waals surface area contributed by atoms with Gasteiger partial charge in [0.2, 0.25) is 10.0 Å². The minimum absolute atomic E-state index is 0.360. The van der Waals surface area contributed by atoms with E-state index in [-0.39, 0.29) is 5.25 Å². The van der Waals surface area contributed by atoms with Gasteiger partial charge in [0.25, 0.3) is 0 Å². The molecule has 2 fully saturated rings. The highest BCUT2D eigenvalue weighted by molar-refractivity contribution is 7.89. The zero-order valence-electron chi connectivity index (χ0n) is 12.6. The van der Waals surface area contributed by atoms with E-state index in [0.717, 1.165) is 32.3 Å². The van der Waals surface area contributed by atoms with Crippen LogP contribution in [-0.2, 0) is 19.5 Å².